The molecule has 0 saturated heterocycles. The Morgan fingerprint density at radius 3 is 2.85 bits per heavy atom. The normalized spacial score (nSPS) is 11.2. The summed E-state index contributed by atoms with van der Waals surface area (Å²) in [5.41, 5.74) is 8.97. The maximum absolute atomic E-state index is 4.79. The molecule has 27 heavy (non-hydrogen) atoms. The van der Waals surface area contributed by atoms with Crippen LogP contribution in [0.3, 0.4) is 0 Å². The third-order valence-electron chi connectivity index (χ3n) is 5.08. The number of nitrogens with one attached hydrogen (secondary N) is 1. The monoisotopic (exact) mass is 356 g/mol. The van der Waals surface area contributed by atoms with Crippen molar-refractivity contribution in [3.8, 4) is 22.4 Å². The highest BCUT2D eigenvalue weighted by Gasteiger charge is 2.13. The predicted octanol–water partition coefficient (Wildman–Crippen LogP) is 5.62. The van der Waals surface area contributed by atoms with Gasteiger partial charge in [-0.3, -0.25) is 4.98 Å². The van der Waals surface area contributed by atoms with Gasteiger partial charge >= 0.3 is 0 Å². The summed E-state index contributed by atoms with van der Waals surface area (Å²) >= 11 is 0. The molecule has 136 valence electrons. The maximum Gasteiger partial charge on any atom is 0.0955 e. The van der Waals surface area contributed by atoms with Crippen LogP contribution >= 0.6 is 0 Å². The second-order valence-corrected chi connectivity index (χ2v) is 6.90. The number of hydrogen-bond acceptors (Lipinski definition) is 2. The number of benzene rings is 1. The molecule has 0 saturated carbocycles. The van der Waals surface area contributed by atoms with Gasteiger partial charge in [0.05, 0.1) is 23.1 Å². The predicted molar refractivity (Wildman–Crippen MR) is 112 cm³/mol. The fourth-order valence-electron chi connectivity index (χ4n) is 3.54. The van der Waals surface area contributed by atoms with Crippen molar-refractivity contribution in [2.45, 2.75) is 26.2 Å². The van der Waals surface area contributed by atoms with E-state index in [1.165, 1.54) is 17.5 Å². The Balaban J connectivity index is 1.82. The van der Waals surface area contributed by atoms with E-state index in [4.69, 9.17) is 4.98 Å². The molecule has 0 aliphatic heterocycles. The number of aromatic nitrogens is 4. The van der Waals surface area contributed by atoms with Crippen molar-refractivity contribution in [2.75, 3.05) is 0 Å². The third-order valence-corrected chi connectivity index (χ3v) is 5.08. The van der Waals surface area contributed by atoms with Crippen molar-refractivity contribution in [3.05, 3.63) is 66.9 Å². The fraction of sp³-hybridized carbons (Fsp3) is 0.217. The van der Waals surface area contributed by atoms with Gasteiger partial charge < -0.3 is 9.55 Å². The van der Waals surface area contributed by atoms with Crippen molar-refractivity contribution in [2.24, 2.45) is 7.05 Å². The molecule has 0 radical (unpaired) electrons. The van der Waals surface area contributed by atoms with Crippen LogP contribution in [-0.4, -0.2) is 19.5 Å². The number of unbranched alkanes of at least 4 members (excludes halogenated alkanes) is 1. The Labute approximate surface area is 159 Å². The molecule has 0 atom stereocenters. The van der Waals surface area contributed by atoms with Crippen LogP contribution in [0, 0.1) is 0 Å². The molecular formula is C23H24N4. The lowest BCUT2D eigenvalue weighted by atomic mass is 9.96. The summed E-state index contributed by atoms with van der Waals surface area (Å²) in [7, 11) is 2.02. The Hall–Kier alpha value is -3.14. The second-order valence-electron chi connectivity index (χ2n) is 6.90. The van der Waals surface area contributed by atoms with Crippen molar-refractivity contribution in [3.63, 3.8) is 0 Å². The average molecular weight is 356 g/mol. The van der Waals surface area contributed by atoms with E-state index < -0.39 is 0 Å². The van der Waals surface area contributed by atoms with Crippen LogP contribution in [0.25, 0.3) is 39.5 Å². The van der Waals surface area contributed by atoms with E-state index in [2.05, 4.69) is 53.8 Å². The van der Waals surface area contributed by atoms with Gasteiger partial charge in [-0.2, -0.15) is 0 Å². The number of hydrogen-bond donors (Lipinski definition) is 1. The first-order chi connectivity index (χ1) is 13.2. The number of aromatic amines is 1. The van der Waals surface area contributed by atoms with E-state index in [0.717, 1.165) is 46.4 Å². The lowest BCUT2D eigenvalue weighted by Crippen LogP contribution is -1.95. The van der Waals surface area contributed by atoms with Crippen LogP contribution in [0.2, 0.25) is 0 Å². The molecule has 1 N–H and O–H groups in total. The Morgan fingerprint density at radius 1 is 1.15 bits per heavy atom. The molecule has 3 aromatic heterocycles. The van der Waals surface area contributed by atoms with Crippen LogP contribution in [0.1, 0.15) is 31.0 Å². The third kappa shape index (κ3) is 3.19. The molecule has 4 nitrogen and oxygen atoms in total. The largest absolute Gasteiger partial charge is 0.361 e. The lowest BCUT2D eigenvalue weighted by Gasteiger charge is -2.12. The van der Waals surface area contributed by atoms with Crippen molar-refractivity contribution in [1.82, 2.24) is 19.5 Å². The van der Waals surface area contributed by atoms with Crippen LogP contribution in [0.5, 0.6) is 0 Å². The smallest absolute Gasteiger partial charge is 0.0955 e. The summed E-state index contributed by atoms with van der Waals surface area (Å²) in [6.07, 6.45) is 11.0. The molecule has 3 heterocycles. The van der Waals surface area contributed by atoms with Gasteiger partial charge in [-0.15, -0.1) is 0 Å². The van der Waals surface area contributed by atoms with E-state index >= 15 is 0 Å². The topological polar surface area (TPSA) is 46.5 Å². The summed E-state index contributed by atoms with van der Waals surface area (Å²) in [5.74, 6) is 0. The first-order valence-electron chi connectivity index (χ1n) is 9.41. The first kappa shape index (κ1) is 17.3. The van der Waals surface area contributed by atoms with Crippen molar-refractivity contribution in [1.29, 1.82) is 0 Å². The highest BCUT2D eigenvalue weighted by Crippen LogP contribution is 2.31. The molecule has 0 bridgehead atoms. The van der Waals surface area contributed by atoms with Gasteiger partial charge in [-0.1, -0.05) is 26.0 Å². The Kier molecular flexibility index (Phi) is 4.63. The van der Waals surface area contributed by atoms with Crippen LogP contribution < -0.4 is 0 Å². The summed E-state index contributed by atoms with van der Waals surface area (Å²) in [4.78, 5) is 12.5. The summed E-state index contributed by atoms with van der Waals surface area (Å²) in [6.45, 7) is 6.14. The zero-order valence-electron chi connectivity index (χ0n) is 15.9. The number of imidazole rings is 1. The molecule has 0 aliphatic rings. The van der Waals surface area contributed by atoms with E-state index in [-0.39, 0.29) is 0 Å². The molecule has 0 unspecified atom stereocenters. The molecule has 0 spiro atoms. The van der Waals surface area contributed by atoms with E-state index in [1.807, 2.05) is 36.4 Å². The number of nitrogens with zero attached hydrogens (tertiary/aromatic N) is 3. The molecular weight excluding hydrogens is 332 g/mol. The number of fused-ring (bicyclic) bond motifs is 1. The average Bonchev–Trinajstić information content (AvgIpc) is 3.32. The van der Waals surface area contributed by atoms with Gasteiger partial charge in [0.1, 0.15) is 0 Å². The Bertz CT molecular complexity index is 1100. The molecule has 0 amide bonds. The lowest BCUT2D eigenvalue weighted by molar-refractivity contribution is 0.795. The van der Waals surface area contributed by atoms with Gasteiger partial charge in [0.2, 0.25) is 0 Å². The minimum atomic E-state index is 1.00. The number of pyridine rings is 1. The van der Waals surface area contributed by atoms with Crippen LogP contribution in [0.15, 0.2) is 55.6 Å². The summed E-state index contributed by atoms with van der Waals surface area (Å²) in [6, 6.07) is 10.7. The number of aryl methyl sites for hydroxylation is 2. The summed E-state index contributed by atoms with van der Waals surface area (Å²) < 4.78 is 2.04. The SMILES string of the molecule is C=Cc1[nH]ccc1-c1cnc(-c2ccc3ncn(C)c3c2)cc1CCCC. The first-order valence-corrected chi connectivity index (χ1v) is 9.41. The quantitative estimate of drug-likeness (QED) is 0.488. The van der Waals surface area contributed by atoms with E-state index in [9.17, 15) is 0 Å². The minimum Gasteiger partial charge on any atom is -0.361 e. The van der Waals surface area contributed by atoms with E-state index in [0.29, 0.717) is 0 Å². The van der Waals surface area contributed by atoms with Crippen LogP contribution in [-0.2, 0) is 13.5 Å². The molecule has 1 aromatic carbocycles. The maximum atomic E-state index is 4.79. The Morgan fingerprint density at radius 2 is 2.04 bits per heavy atom. The van der Waals surface area contributed by atoms with Gasteiger partial charge in [0, 0.05) is 41.8 Å². The second kappa shape index (κ2) is 7.23. The zero-order chi connectivity index (χ0) is 18.8. The van der Waals surface area contributed by atoms with Gasteiger partial charge in [-0.25, -0.2) is 4.98 Å². The van der Waals surface area contributed by atoms with E-state index in [1.54, 1.807) is 0 Å². The highest BCUT2D eigenvalue weighted by atomic mass is 15.0. The standard InChI is InChI=1S/C23H24N4/c1-4-6-7-16-12-22(17-8-9-21-23(13-17)27(3)15-26-21)25-14-19(16)18-10-11-24-20(18)5-2/h5,8-15,24H,2,4,6-7H2,1,3H3. The molecule has 0 fully saturated rings. The number of rotatable bonds is 6. The zero-order valence-corrected chi connectivity index (χ0v) is 15.9. The van der Waals surface area contributed by atoms with Crippen molar-refractivity contribution < 1.29 is 0 Å². The molecule has 4 heteroatoms. The van der Waals surface area contributed by atoms with Gasteiger partial charge in [0.15, 0.2) is 0 Å². The number of H-pyrrole nitrogens is 1. The van der Waals surface area contributed by atoms with Gasteiger partial charge in [-0.05, 0) is 48.7 Å². The molecule has 0 aliphatic carbocycles. The minimum absolute atomic E-state index is 1.00. The molecule has 4 rings (SSSR count). The molecule has 4 aromatic rings. The fourth-order valence-corrected chi connectivity index (χ4v) is 3.54. The summed E-state index contributed by atoms with van der Waals surface area (Å²) in [5, 5.41) is 0. The highest BCUT2D eigenvalue weighted by molar-refractivity contribution is 5.82. The van der Waals surface area contributed by atoms with Gasteiger partial charge in [0.25, 0.3) is 0 Å². The van der Waals surface area contributed by atoms with Crippen LogP contribution in [0.4, 0.5) is 0 Å². The van der Waals surface area contributed by atoms with Crippen molar-refractivity contribution >= 4 is 17.1 Å².